The van der Waals surface area contributed by atoms with Crippen molar-refractivity contribution in [2.75, 3.05) is 0 Å². The van der Waals surface area contributed by atoms with Gasteiger partial charge < -0.3 is 5.11 Å². The normalized spacial score (nSPS) is 32.7. The van der Waals surface area contributed by atoms with Crippen molar-refractivity contribution < 1.29 is 5.11 Å². The molecule has 1 aromatic rings. The Labute approximate surface area is 107 Å². The summed E-state index contributed by atoms with van der Waals surface area (Å²) in [5.41, 5.74) is -1.62. The van der Waals surface area contributed by atoms with Gasteiger partial charge in [0.25, 0.3) is 0 Å². The maximum absolute atomic E-state index is 10.8. The van der Waals surface area contributed by atoms with Crippen LogP contribution in [0, 0.1) is 22.7 Å². The summed E-state index contributed by atoms with van der Waals surface area (Å²) >= 11 is 1.54. The van der Waals surface area contributed by atoms with Gasteiger partial charge in [-0.1, -0.05) is 13.0 Å². The summed E-state index contributed by atoms with van der Waals surface area (Å²) in [5.74, 6) is 0.676. The molecule has 1 aliphatic rings. The fourth-order valence-corrected chi connectivity index (χ4v) is 3.64. The van der Waals surface area contributed by atoms with Gasteiger partial charge in [-0.3, -0.25) is 0 Å². The molecular formula is C14H19NOS. The van der Waals surface area contributed by atoms with Gasteiger partial charge in [-0.15, -0.1) is 11.3 Å². The zero-order valence-electron chi connectivity index (χ0n) is 10.4. The third kappa shape index (κ3) is 2.00. The van der Waals surface area contributed by atoms with E-state index in [4.69, 9.17) is 0 Å². The minimum absolute atomic E-state index is 0.607. The quantitative estimate of drug-likeness (QED) is 0.869. The largest absolute Gasteiger partial charge is 0.383 e. The van der Waals surface area contributed by atoms with Crippen LogP contribution < -0.4 is 0 Å². The summed E-state index contributed by atoms with van der Waals surface area (Å²) in [6.45, 7) is 4.03. The maximum Gasteiger partial charge on any atom is 0.114 e. The molecule has 0 amide bonds. The van der Waals surface area contributed by atoms with Crippen molar-refractivity contribution in [2.45, 2.75) is 45.1 Å². The van der Waals surface area contributed by atoms with E-state index in [2.05, 4.69) is 13.0 Å². The second-order valence-corrected chi connectivity index (χ2v) is 6.37. The van der Waals surface area contributed by atoms with Crippen LogP contribution in [0.15, 0.2) is 17.5 Å². The second kappa shape index (κ2) is 4.44. The molecule has 1 aliphatic carbocycles. The first-order valence-corrected chi connectivity index (χ1v) is 7.07. The van der Waals surface area contributed by atoms with Crippen LogP contribution in [-0.4, -0.2) is 5.11 Å². The fourth-order valence-electron chi connectivity index (χ4n) is 2.75. The van der Waals surface area contributed by atoms with Gasteiger partial charge in [0, 0.05) is 4.88 Å². The maximum atomic E-state index is 10.8. The second-order valence-electron chi connectivity index (χ2n) is 5.43. The predicted molar refractivity (Wildman–Crippen MR) is 69.6 cm³/mol. The Hall–Kier alpha value is -0.850. The van der Waals surface area contributed by atoms with E-state index in [1.807, 2.05) is 17.5 Å². The number of nitrogens with zero attached hydrogens (tertiary/aromatic N) is 1. The van der Waals surface area contributed by atoms with Gasteiger partial charge in [0.1, 0.15) is 5.60 Å². The summed E-state index contributed by atoms with van der Waals surface area (Å²) in [7, 11) is 0. The molecule has 1 atom stereocenters. The number of hydrogen-bond donors (Lipinski definition) is 1. The highest BCUT2D eigenvalue weighted by molar-refractivity contribution is 7.10. The van der Waals surface area contributed by atoms with Crippen LogP contribution in [-0.2, 0) is 5.60 Å². The molecule has 0 bridgehead atoms. The lowest BCUT2D eigenvalue weighted by molar-refractivity contribution is -0.0658. The fraction of sp³-hybridized carbons (Fsp3) is 0.643. The topological polar surface area (TPSA) is 44.0 Å². The van der Waals surface area contributed by atoms with Crippen LogP contribution in [0.4, 0.5) is 0 Å². The summed E-state index contributed by atoms with van der Waals surface area (Å²) < 4.78 is 0. The highest BCUT2D eigenvalue weighted by Crippen LogP contribution is 2.51. The summed E-state index contributed by atoms with van der Waals surface area (Å²) in [5, 5.41) is 22.3. The zero-order chi connectivity index (χ0) is 12.5. The van der Waals surface area contributed by atoms with E-state index in [0.717, 1.165) is 30.6 Å². The van der Waals surface area contributed by atoms with Crippen molar-refractivity contribution in [3.8, 4) is 6.07 Å². The standard InChI is InChI=1S/C14H19NOS/c1-11-5-7-14(10-15,8-6-11)13(2,16)12-4-3-9-17-12/h3-4,9,11,16H,5-8H2,1-2H3. The van der Waals surface area contributed by atoms with E-state index in [1.54, 1.807) is 6.92 Å². The summed E-state index contributed by atoms with van der Waals surface area (Å²) in [6, 6.07) is 6.29. The third-order valence-corrected chi connectivity index (χ3v) is 5.36. The van der Waals surface area contributed by atoms with E-state index in [-0.39, 0.29) is 0 Å². The molecule has 17 heavy (non-hydrogen) atoms. The lowest BCUT2D eigenvalue weighted by atomic mass is 9.62. The first-order valence-electron chi connectivity index (χ1n) is 6.19. The van der Waals surface area contributed by atoms with E-state index in [0.29, 0.717) is 5.92 Å². The van der Waals surface area contributed by atoms with Crippen LogP contribution >= 0.6 is 11.3 Å². The Balaban J connectivity index is 2.33. The van der Waals surface area contributed by atoms with Crippen molar-refractivity contribution in [3.05, 3.63) is 22.4 Å². The van der Waals surface area contributed by atoms with Crippen molar-refractivity contribution in [3.63, 3.8) is 0 Å². The van der Waals surface area contributed by atoms with E-state index in [9.17, 15) is 10.4 Å². The molecular weight excluding hydrogens is 230 g/mol. The third-order valence-electron chi connectivity index (χ3n) is 4.27. The molecule has 0 aromatic carbocycles. The minimum Gasteiger partial charge on any atom is -0.383 e. The van der Waals surface area contributed by atoms with Gasteiger partial charge in [-0.2, -0.15) is 5.26 Å². The Bertz CT molecular complexity index is 408. The lowest BCUT2D eigenvalue weighted by Crippen LogP contribution is -2.44. The zero-order valence-corrected chi connectivity index (χ0v) is 11.3. The minimum atomic E-state index is -1.02. The molecule has 0 radical (unpaired) electrons. The molecule has 0 saturated heterocycles. The average Bonchev–Trinajstić information content (AvgIpc) is 2.84. The number of thiophene rings is 1. The molecule has 3 heteroatoms. The summed E-state index contributed by atoms with van der Waals surface area (Å²) in [4.78, 5) is 0.911. The predicted octanol–water partition coefficient (Wildman–Crippen LogP) is 3.68. The highest BCUT2D eigenvalue weighted by atomic mass is 32.1. The van der Waals surface area contributed by atoms with Crippen LogP contribution in [0.3, 0.4) is 0 Å². The number of aliphatic hydroxyl groups is 1. The SMILES string of the molecule is CC1CCC(C#N)(C(C)(O)c2cccs2)CC1. The Kier molecular flexibility index (Phi) is 3.29. The number of rotatable bonds is 2. The highest BCUT2D eigenvalue weighted by Gasteiger charge is 2.50. The molecule has 1 saturated carbocycles. The molecule has 1 fully saturated rings. The first kappa shape index (κ1) is 12.6. The van der Waals surface area contributed by atoms with Crippen molar-refractivity contribution >= 4 is 11.3 Å². The van der Waals surface area contributed by atoms with Crippen LogP contribution in [0.25, 0.3) is 0 Å². The smallest absolute Gasteiger partial charge is 0.114 e. The molecule has 2 rings (SSSR count). The molecule has 92 valence electrons. The Morgan fingerprint density at radius 2 is 2.18 bits per heavy atom. The van der Waals surface area contributed by atoms with Crippen molar-refractivity contribution in [2.24, 2.45) is 11.3 Å². The van der Waals surface area contributed by atoms with Gasteiger partial charge in [0.2, 0.25) is 0 Å². The van der Waals surface area contributed by atoms with Gasteiger partial charge >= 0.3 is 0 Å². The van der Waals surface area contributed by atoms with E-state index in [1.165, 1.54) is 11.3 Å². The molecule has 1 heterocycles. The van der Waals surface area contributed by atoms with Crippen LogP contribution in [0.5, 0.6) is 0 Å². The molecule has 1 N–H and O–H groups in total. The monoisotopic (exact) mass is 249 g/mol. The lowest BCUT2D eigenvalue weighted by Gasteiger charge is -2.43. The average molecular weight is 249 g/mol. The van der Waals surface area contributed by atoms with Gasteiger partial charge in [0.05, 0.1) is 11.5 Å². The number of nitriles is 1. The molecule has 1 unspecified atom stereocenters. The summed E-state index contributed by atoms with van der Waals surface area (Å²) in [6.07, 6.45) is 3.68. The van der Waals surface area contributed by atoms with E-state index >= 15 is 0 Å². The Morgan fingerprint density at radius 3 is 2.65 bits per heavy atom. The Morgan fingerprint density at radius 1 is 1.53 bits per heavy atom. The van der Waals surface area contributed by atoms with Crippen LogP contribution in [0.2, 0.25) is 0 Å². The van der Waals surface area contributed by atoms with Crippen molar-refractivity contribution in [1.82, 2.24) is 0 Å². The first-order chi connectivity index (χ1) is 8.02. The molecule has 1 aromatic heterocycles. The van der Waals surface area contributed by atoms with E-state index < -0.39 is 11.0 Å². The van der Waals surface area contributed by atoms with Crippen LogP contribution in [0.1, 0.15) is 44.4 Å². The van der Waals surface area contributed by atoms with Gasteiger partial charge in [-0.05, 0) is 50.0 Å². The number of hydrogen-bond acceptors (Lipinski definition) is 3. The molecule has 0 aliphatic heterocycles. The van der Waals surface area contributed by atoms with Gasteiger partial charge in [-0.25, -0.2) is 0 Å². The van der Waals surface area contributed by atoms with Crippen molar-refractivity contribution in [1.29, 1.82) is 5.26 Å². The molecule has 0 spiro atoms. The molecule has 2 nitrogen and oxygen atoms in total. The van der Waals surface area contributed by atoms with Gasteiger partial charge in [0.15, 0.2) is 0 Å².